The Labute approximate surface area is 119 Å². The first-order valence-electron chi connectivity index (χ1n) is 6.78. The molecule has 0 bridgehead atoms. The highest BCUT2D eigenvalue weighted by atomic mass is 16.3. The fourth-order valence-corrected chi connectivity index (χ4v) is 2.06. The molecule has 2 N–H and O–H groups in total. The zero-order chi connectivity index (χ0) is 14.4. The summed E-state index contributed by atoms with van der Waals surface area (Å²) in [5.74, 6) is 0.0430. The van der Waals surface area contributed by atoms with Crippen molar-refractivity contribution in [1.29, 1.82) is 0 Å². The van der Waals surface area contributed by atoms with Crippen LogP contribution in [0.2, 0.25) is 0 Å². The molecule has 0 atom stereocenters. The topological polar surface area (TPSA) is 49.3 Å². The molecule has 2 aromatic carbocycles. The highest BCUT2D eigenvalue weighted by molar-refractivity contribution is 5.92. The Kier molecular flexibility index (Phi) is 4.77. The van der Waals surface area contributed by atoms with Crippen molar-refractivity contribution in [2.75, 3.05) is 5.32 Å². The van der Waals surface area contributed by atoms with E-state index in [4.69, 9.17) is 0 Å². The summed E-state index contributed by atoms with van der Waals surface area (Å²) in [6, 6.07) is 15.3. The first kappa shape index (κ1) is 14.1. The lowest BCUT2D eigenvalue weighted by Crippen LogP contribution is -2.11. The average molecular weight is 269 g/mol. The summed E-state index contributed by atoms with van der Waals surface area (Å²) in [6.45, 7) is 1.89. The Bertz CT molecular complexity index is 579. The lowest BCUT2D eigenvalue weighted by molar-refractivity contribution is -0.116. The minimum Gasteiger partial charge on any atom is -0.506 e. The number of hydrogen-bond acceptors (Lipinski definition) is 2. The monoisotopic (exact) mass is 269 g/mol. The zero-order valence-corrected chi connectivity index (χ0v) is 11.6. The molecule has 0 aromatic heterocycles. The van der Waals surface area contributed by atoms with E-state index < -0.39 is 0 Å². The van der Waals surface area contributed by atoms with E-state index in [1.807, 2.05) is 31.2 Å². The molecular weight excluding hydrogens is 250 g/mol. The van der Waals surface area contributed by atoms with Crippen LogP contribution in [0.1, 0.15) is 24.0 Å². The van der Waals surface area contributed by atoms with Crippen molar-refractivity contribution in [3.05, 3.63) is 59.7 Å². The number of carbonyl (C=O) groups excluding carboxylic acids is 1. The second-order valence-electron chi connectivity index (χ2n) is 4.91. The van der Waals surface area contributed by atoms with E-state index in [1.165, 1.54) is 5.56 Å². The molecule has 0 saturated heterocycles. The van der Waals surface area contributed by atoms with Gasteiger partial charge >= 0.3 is 0 Å². The van der Waals surface area contributed by atoms with Crippen molar-refractivity contribution in [2.45, 2.75) is 26.2 Å². The molecule has 0 unspecified atom stereocenters. The fraction of sp³-hybridized carbons (Fsp3) is 0.235. The van der Waals surface area contributed by atoms with Gasteiger partial charge in [0, 0.05) is 6.42 Å². The Morgan fingerprint density at radius 2 is 1.90 bits per heavy atom. The maximum Gasteiger partial charge on any atom is 0.224 e. The van der Waals surface area contributed by atoms with Crippen molar-refractivity contribution in [1.82, 2.24) is 0 Å². The predicted octanol–water partition coefficient (Wildman–Crippen LogP) is 3.66. The summed E-state index contributed by atoms with van der Waals surface area (Å²) in [7, 11) is 0. The number of aromatic hydroxyl groups is 1. The van der Waals surface area contributed by atoms with E-state index in [0.29, 0.717) is 12.1 Å². The summed E-state index contributed by atoms with van der Waals surface area (Å²) < 4.78 is 0. The number of hydrogen-bond donors (Lipinski definition) is 2. The molecule has 0 fully saturated rings. The molecule has 0 aliphatic heterocycles. The minimum absolute atomic E-state index is 0.0694. The van der Waals surface area contributed by atoms with Gasteiger partial charge in [0.05, 0.1) is 5.69 Å². The maximum atomic E-state index is 11.8. The Morgan fingerprint density at radius 3 is 2.60 bits per heavy atom. The van der Waals surface area contributed by atoms with Crippen LogP contribution in [0.3, 0.4) is 0 Å². The zero-order valence-electron chi connectivity index (χ0n) is 11.6. The van der Waals surface area contributed by atoms with Crippen LogP contribution >= 0.6 is 0 Å². The van der Waals surface area contributed by atoms with Crippen LogP contribution < -0.4 is 5.32 Å². The molecule has 2 aromatic rings. The molecular formula is C17H19NO2. The summed E-state index contributed by atoms with van der Waals surface area (Å²) >= 11 is 0. The molecule has 0 radical (unpaired) electrons. The van der Waals surface area contributed by atoms with Gasteiger partial charge in [-0.2, -0.15) is 0 Å². The number of amides is 1. The number of nitrogens with one attached hydrogen (secondary N) is 1. The number of carbonyl (C=O) groups is 1. The highest BCUT2D eigenvalue weighted by Gasteiger charge is 2.06. The molecule has 0 aliphatic carbocycles. The maximum absolute atomic E-state index is 11.8. The van der Waals surface area contributed by atoms with E-state index in [-0.39, 0.29) is 11.7 Å². The lowest BCUT2D eigenvalue weighted by atomic mass is 10.1. The van der Waals surface area contributed by atoms with Gasteiger partial charge in [0.25, 0.3) is 0 Å². The standard InChI is InChI=1S/C17H19NO2/c1-13-10-11-15(16(19)12-13)18-17(20)9-5-8-14-6-3-2-4-7-14/h2-4,6-7,10-12,19H,5,8-9H2,1H3,(H,18,20). The fourth-order valence-electron chi connectivity index (χ4n) is 2.06. The van der Waals surface area contributed by atoms with E-state index >= 15 is 0 Å². The first-order valence-corrected chi connectivity index (χ1v) is 6.78. The van der Waals surface area contributed by atoms with Crippen molar-refractivity contribution >= 4 is 11.6 Å². The van der Waals surface area contributed by atoms with Crippen LogP contribution in [0.5, 0.6) is 5.75 Å². The van der Waals surface area contributed by atoms with Crippen molar-refractivity contribution < 1.29 is 9.90 Å². The van der Waals surface area contributed by atoms with Gasteiger partial charge in [0.15, 0.2) is 0 Å². The minimum atomic E-state index is -0.0694. The van der Waals surface area contributed by atoms with Gasteiger partial charge in [0.1, 0.15) is 5.75 Å². The second-order valence-corrected chi connectivity index (χ2v) is 4.91. The van der Waals surface area contributed by atoms with Crippen LogP contribution in [-0.4, -0.2) is 11.0 Å². The summed E-state index contributed by atoms with van der Waals surface area (Å²) in [5, 5.41) is 12.5. The third kappa shape index (κ3) is 4.12. The van der Waals surface area contributed by atoms with E-state index in [2.05, 4.69) is 17.4 Å². The molecule has 2 rings (SSSR count). The van der Waals surface area contributed by atoms with Crippen LogP contribution in [0, 0.1) is 6.92 Å². The summed E-state index contributed by atoms with van der Waals surface area (Å²) in [6.07, 6.45) is 2.12. The lowest BCUT2D eigenvalue weighted by Gasteiger charge is -2.08. The summed E-state index contributed by atoms with van der Waals surface area (Å²) in [4.78, 5) is 11.8. The van der Waals surface area contributed by atoms with Crippen molar-refractivity contribution in [3.8, 4) is 5.75 Å². The number of phenols is 1. The number of rotatable bonds is 5. The molecule has 0 saturated carbocycles. The Balaban J connectivity index is 1.81. The van der Waals surface area contributed by atoms with Crippen LogP contribution in [0.25, 0.3) is 0 Å². The van der Waals surface area contributed by atoms with Crippen molar-refractivity contribution in [3.63, 3.8) is 0 Å². The van der Waals surface area contributed by atoms with Gasteiger partial charge in [-0.25, -0.2) is 0 Å². The molecule has 0 heterocycles. The SMILES string of the molecule is Cc1ccc(NC(=O)CCCc2ccccc2)c(O)c1. The molecule has 3 heteroatoms. The first-order chi connectivity index (χ1) is 9.65. The molecule has 3 nitrogen and oxygen atoms in total. The van der Waals surface area contributed by atoms with Gasteiger partial charge in [-0.05, 0) is 43.0 Å². The second kappa shape index (κ2) is 6.75. The Morgan fingerprint density at radius 1 is 1.15 bits per heavy atom. The van der Waals surface area contributed by atoms with E-state index in [1.54, 1.807) is 12.1 Å². The van der Waals surface area contributed by atoms with Gasteiger partial charge in [-0.1, -0.05) is 36.4 Å². The van der Waals surface area contributed by atoms with Crippen LogP contribution in [0.4, 0.5) is 5.69 Å². The van der Waals surface area contributed by atoms with Crippen LogP contribution in [0.15, 0.2) is 48.5 Å². The molecule has 20 heavy (non-hydrogen) atoms. The molecule has 1 amide bonds. The third-order valence-electron chi connectivity index (χ3n) is 3.14. The van der Waals surface area contributed by atoms with E-state index in [0.717, 1.165) is 18.4 Å². The smallest absolute Gasteiger partial charge is 0.224 e. The van der Waals surface area contributed by atoms with E-state index in [9.17, 15) is 9.90 Å². The van der Waals surface area contributed by atoms with Crippen LogP contribution in [-0.2, 0) is 11.2 Å². The van der Waals surface area contributed by atoms with Gasteiger partial charge in [0.2, 0.25) is 5.91 Å². The largest absolute Gasteiger partial charge is 0.506 e. The number of anilines is 1. The molecule has 104 valence electrons. The Hall–Kier alpha value is -2.29. The summed E-state index contributed by atoms with van der Waals surface area (Å²) in [5.41, 5.74) is 2.67. The highest BCUT2D eigenvalue weighted by Crippen LogP contribution is 2.24. The third-order valence-corrected chi connectivity index (χ3v) is 3.14. The van der Waals surface area contributed by atoms with Crippen molar-refractivity contribution in [2.24, 2.45) is 0 Å². The normalized spacial score (nSPS) is 10.2. The number of aryl methyl sites for hydroxylation is 2. The predicted molar refractivity (Wildman–Crippen MR) is 80.9 cm³/mol. The number of phenolic OH excluding ortho intramolecular Hbond substituents is 1. The molecule has 0 spiro atoms. The van der Waals surface area contributed by atoms with Gasteiger partial charge < -0.3 is 10.4 Å². The quantitative estimate of drug-likeness (QED) is 0.814. The van der Waals surface area contributed by atoms with Gasteiger partial charge in [-0.15, -0.1) is 0 Å². The molecule has 0 aliphatic rings. The average Bonchev–Trinajstić information content (AvgIpc) is 2.43. The number of benzene rings is 2. The van der Waals surface area contributed by atoms with Gasteiger partial charge in [-0.3, -0.25) is 4.79 Å².